The number of carbonyl (C=O) groups is 1. The van der Waals surface area contributed by atoms with E-state index in [4.69, 9.17) is 10.5 Å². The van der Waals surface area contributed by atoms with Crippen molar-refractivity contribution in [1.29, 1.82) is 0 Å². The number of ether oxygens (including phenoxy) is 1. The van der Waals surface area contributed by atoms with E-state index in [9.17, 15) is 4.79 Å². The van der Waals surface area contributed by atoms with Crippen molar-refractivity contribution in [2.45, 2.75) is 40.5 Å². The molecule has 0 spiro atoms. The smallest absolute Gasteiger partial charge is 0.313 e. The summed E-state index contributed by atoms with van der Waals surface area (Å²) in [5, 5.41) is 0. The molecule has 1 aromatic rings. The molecule has 1 heterocycles. The Hall–Kier alpha value is -1.42. The lowest BCUT2D eigenvalue weighted by Gasteiger charge is -2.31. The number of pyridine rings is 1. The van der Waals surface area contributed by atoms with Gasteiger partial charge in [-0.15, -0.1) is 0 Å². The Balaban J connectivity index is 3.05. The third kappa shape index (κ3) is 4.30. The molecule has 0 radical (unpaired) electrons. The second-order valence-electron chi connectivity index (χ2n) is 5.85. The first-order valence-corrected chi connectivity index (χ1v) is 7.21. The largest absolute Gasteiger partial charge is 0.466 e. The summed E-state index contributed by atoms with van der Waals surface area (Å²) < 4.78 is 5.26. The molecule has 4 heteroatoms. The second kappa shape index (κ2) is 7.39. The van der Waals surface area contributed by atoms with E-state index in [2.05, 4.69) is 24.9 Å². The van der Waals surface area contributed by atoms with Gasteiger partial charge in [0.1, 0.15) is 0 Å². The van der Waals surface area contributed by atoms with Crippen molar-refractivity contribution in [3.05, 3.63) is 29.6 Å². The van der Waals surface area contributed by atoms with Crippen molar-refractivity contribution < 1.29 is 9.53 Å². The van der Waals surface area contributed by atoms with E-state index in [1.54, 1.807) is 12.4 Å². The first-order chi connectivity index (χ1) is 9.43. The molecule has 1 unspecified atom stereocenters. The van der Waals surface area contributed by atoms with Gasteiger partial charge in [0.2, 0.25) is 0 Å². The van der Waals surface area contributed by atoms with E-state index in [0.717, 1.165) is 17.5 Å². The highest BCUT2D eigenvalue weighted by atomic mass is 16.5. The zero-order chi connectivity index (χ0) is 15.2. The molecule has 0 aliphatic rings. The highest BCUT2D eigenvalue weighted by molar-refractivity contribution is 5.77. The topological polar surface area (TPSA) is 65.2 Å². The van der Waals surface area contributed by atoms with E-state index >= 15 is 0 Å². The molecule has 1 aromatic heterocycles. The molecule has 2 N–H and O–H groups in total. The third-order valence-electron chi connectivity index (χ3n) is 3.37. The van der Waals surface area contributed by atoms with Gasteiger partial charge in [-0.3, -0.25) is 9.78 Å². The van der Waals surface area contributed by atoms with Crippen molar-refractivity contribution in [1.82, 2.24) is 4.98 Å². The Morgan fingerprint density at radius 2 is 2.15 bits per heavy atom. The van der Waals surface area contributed by atoms with Crippen LogP contribution in [0, 0.1) is 18.3 Å². The van der Waals surface area contributed by atoms with Crippen LogP contribution in [0.1, 0.15) is 38.3 Å². The Morgan fingerprint density at radius 1 is 1.45 bits per heavy atom. The van der Waals surface area contributed by atoms with Crippen LogP contribution in [0.5, 0.6) is 0 Å². The lowest BCUT2D eigenvalue weighted by molar-refractivity contribution is -0.156. The Labute approximate surface area is 121 Å². The van der Waals surface area contributed by atoms with Crippen LogP contribution in [0.15, 0.2) is 18.5 Å². The summed E-state index contributed by atoms with van der Waals surface area (Å²) >= 11 is 0. The minimum atomic E-state index is -0.653. The van der Waals surface area contributed by atoms with Crippen LogP contribution >= 0.6 is 0 Å². The maximum absolute atomic E-state index is 12.4. The molecule has 0 amide bonds. The average Bonchev–Trinajstić information content (AvgIpc) is 2.37. The van der Waals surface area contributed by atoms with Crippen LogP contribution in [0.3, 0.4) is 0 Å². The molecule has 20 heavy (non-hydrogen) atoms. The van der Waals surface area contributed by atoms with Crippen LogP contribution in [-0.4, -0.2) is 24.1 Å². The van der Waals surface area contributed by atoms with Gasteiger partial charge in [-0.05, 0) is 43.7 Å². The highest BCUT2D eigenvalue weighted by Gasteiger charge is 2.39. The zero-order valence-corrected chi connectivity index (χ0v) is 13.0. The summed E-state index contributed by atoms with van der Waals surface area (Å²) in [4.78, 5) is 16.6. The van der Waals surface area contributed by atoms with Crippen LogP contribution in [0.2, 0.25) is 0 Å². The van der Waals surface area contributed by atoms with Crippen molar-refractivity contribution >= 4 is 5.97 Å². The Morgan fingerprint density at radius 3 is 2.65 bits per heavy atom. The van der Waals surface area contributed by atoms with E-state index < -0.39 is 5.41 Å². The predicted molar refractivity (Wildman–Crippen MR) is 80.3 cm³/mol. The van der Waals surface area contributed by atoms with Crippen LogP contribution in [-0.2, 0) is 16.0 Å². The van der Waals surface area contributed by atoms with E-state index in [1.807, 2.05) is 13.8 Å². The van der Waals surface area contributed by atoms with Gasteiger partial charge in [-0.25, -0.2) is 0 Å². The van der Waals surface area contributed by atoms with E-state index in [-0.39, 0.29) is 12.5 Å². The zero-order valence-electron chi connectivity index (χ0n) is 13.0. The molecule has 1 rings (SSSR count). The fourth-order valence-corrected chi connectivity index (χ4v) is 2.64. The highest BCUT2D eigenvalue weighted by Crippen LogP contribution is 2.31. The van der Waals surface area contributed by atoms with Gasteiger partial charge in [0.15, 0.2) is 0 Å². The quantitative estimate of drug-likeness (QED) is 0.778. The number of carbonyl (C=O) groups excluding carboxylic acids is 1. The van der Waals surface area contributed by atoms with Gasteiger partial charge in [0.25, 0.3) is 0 Å². The summed E-state index contributed by atoms with van der Waals surface area (Å²) in [6, 6.07) is 2.05. The number of hydrogen-bond acceptors (Lipinski definition) is 4. The van der Waals surface area contributed by atoms with Crippen LogP contribution in [0.4, 0.5) is 0 Å². The van der Waals surface area contributed by atoms with Gasteiger partial charge in [0, 0.05) is 18.9 Å². The number of rotatable bonds is 7. The number of aromatic nitrogens is 1. The van der Waals surface area contributed by atoms with E-state index in [0.29, 0.717) is 18.9 Å². The van der Waals surface area contributed by atoms with Gasteiger partial charge in [-0.2, -0.15) is 0 Å². The third-order valence-corrected chi connectivity index (χ3v) is 3.37. The molecular weight excluding hydrogens is 252 g/mol. The van der Waals surface area contributed by atoms with Gasteiger partial charge in [-0.1, -0.05) is 19.9 Å². The van der Waals surface area contributed by atoms with Crippen molar-refractivity contribution in [2.75, 3.05) is 13.2 Å². The summed E-state index contributed by atoms with van der Waals surface area (Å²) in [7, 11) is 0. The number of hydrogen-bond donors (Lipinski definition) is 1. The molecule has 0 saturated heterocycles. The lowest BCUT2D eigenvalue weighted by Crippen LogP contribution is -2.43. The molecule has 4 nitrogen and oxygen atoms in total. The van der Waals surface area contributed by atoms with Crippen molar-refractivity contribution in [2.24, 2.45) is 17.1 Å². The first-order valence-electron chi connectivity index (χ1n) is 7.21. The summed E-state index contributed by atoms with van der Waals surface area (Å²) in [5.41, 5.74) is 7.42. The van der Waals surface area contributed by atoms with Gasteiger partial charge < -0.3 is 10.5 Å². The predicted octanol–water partition coefficient (Wildman–Crippen LogP) is 2.49. The SMILES string of the molecule is CCOC(=O)C(CN)(Cc1cncc(C)c1)CC(C)C. The standard InChI is InChI=1S/C16H26N2O2/c1-5-20-15(19)16(11-17,7-12(2)3)8-14-6-13(4)9-18-10-14/h6,9-10,12H,5,7-8,11,17H2,1-4H3. The number of esters is 1. The van der Waals surface area contributed by atoms with Crippen molar-refractivity contribution in [3.8, 4) is 0 Å². The molecule has 0 saturated carbocycles. The Bertz CT molecular complexity index is 446. The minimum Gasteiger partial charge on any atom is -0.466 e. The molecule has 1 atom stereocenters. The molecule has 112 valence electrons. The maximum atomic E-state index is 12.4. The van der Waals surface area contributed by atoms with E-state index in [1.165, 1.54) is 0 Å². The number of aryl methyl sites for hydroxylation is 1. The lowest BCUT2D eigenvalue weighted by atomic mass is 9.75. The maximum Gasteiger partial charge on any atom is 0.313 e. The fourth-order valence-electron chi connectivity index (χ4n) is 2.64. The number of nitrogens with two attached hydrogens (primary N) is 1. The molecule has 0 aromatic carbocycles. The average molecular weight is 278 g/mol. The summed E-state index contributed by atoms with van der Waals surface area (Å²) in [5.74, 6) is 0.179. The monoisotopic (exact) mass is 278 g/mol. The molecule has 0 aliphatic carbocycles. The minimum absolute atomic E-state index is 0.197. The molecule has 0 aliphatic heterocycles. The van der Waals surface area contributed by atoms with Gasteiger partial charge >= 0.3 is 5.97 Å². The summed E-state index contributed by atoms with van der Waals surface area (Å²) in [6.07, 6.45) is 4.91. The molecule has 0 bridgehead atoms. The second-order valence-corrected chi connectivity index (χ2v) is 5.85. The van der Waals surface area contributed by atoms with Crippen LogP contribution in [0.25, 0.3) is 0 Å². The molecule has 0 fully saturated rings. The first kappa shape index (κ1) is 16.6. The van der Waals surface area contributed by atoms with Crippen LogP contribution < -0.4 is 5.73 Å². The normalized spacial score (nSPS) is 14.1. The van der Waals surface area contributed by atoms with Gasteiger partial charge in [0.05, 0.1) is 12.0 Å². The molecular formula is C16H26N2O2. The fraction of sp³-hybridized carbons (Fsp3) is 0.625. The Kier molecular flexibility index (Phi) is 6.14. The summed E-state index contributed by atoms with van der Waals surface area (Å²) in [6.45, 7) is 8.68. The van der Waals surface area contributed by atoms with Crippen molar-refractivity contribution in [3.63, 3.8) is 0 Å². The number of nitrogens with zero attached hydrogens (tertiary/aromatic N) is 1.